The number of hydrogen-bond acceptors (Lipinski definition) is 4. The highest BCUT2D eigenvalue weighted by molar-refractivity contribution is 7.99. The average molecular weight is 231 g/mol. The number of hydrogen-bond donors (Lipinski definition) is 1. The SMILES string of the molecule is Cc1ncc(Sc2ccc(N)cc2)nc1C. The number of nitrogen functional groups attached to an aromatic ring is 1. The van der Waals surface area contributed by atoms with Gasteiger partial charge in [-0.25, -0.2) is 4.98 Å². The maximum Gasteiger partial charge on any atom is 0.119 e. The van der Waals surface area contributed by atoms with Crippen molar-refractivity contribution in [2.24, 2.45) is 0 Å². The first-order chi connectivity index (χ1) is 7.65. The number of nitrogens with zero attached hydrogens (tertiary/aromatic N) is 2. The van der Waals surface area contributed by atoms with Crippen LogP contribution >= 0.6 is 11.8 Å². The topological polar surface area (TPSA) is 51.8 Å². The molecule has 1 aromatic carbocycles. The Balaban J connectivity index is 2.20. The largest absolute Gasteiger partial charge is 0.399 e. The second kappa shape index (κ2) is 4.53. The van der Waals surface area contributed by atoms with Gasteiger partial charge in [-0.2, -0.15) is 0 Å². The highest BCUT2D eigenvalue weighted by Crippen LogP contribution is 2.26. The molecule has 3 nitrogen and oxygen atoms in total. The lowest BCUT2D eigenvalue weighted by molar-refractivity contribution is 0.957. The van der Waals surface area contributed by atoms with E-state index in [1.54, 1.807) is 18.0 Å². The van der Waals surface area contributed by atoms with Crippen LogP contribution in [0.1, 0.15) is 11.4 Å². The zero-order valence-corrected chi connectivity index (χ0v) is 10.1. The molecular formula is C12H13N3S. The summed E-state index contributed by atoms with van der Waals surface area (Å²) in [6, 6.07) is 7.74. The van der Waals surface area contributed by atoms with Crippen molar-refractivity contribution in [3.63, 3.8) is 0 Å². The molecule has 0 amide bonds. The first kappa shape index (κ1) is 11.0. The van der Waals surface area contributed by atoms with Gasteiger partial charge in [-0.15, -0.1) is 0 Å². The fourth-order valence-corrected chi connectivity index (χ4v) is 2.03. The van der Waals surface area contributed by atoms with E-state index in [0.717, 1.165) is 27.0 Å². The van der Waals surface area contributed by atoms with Crippen LogP contribution in [0.2, 0.25) is 0 Å². The number of benzene rings is 1. The van der Waals surface area contributed by atoms with E-state index in [9.17, 15) is 0 Å². The second-order valence-corrected chi connectivity index (χ2v) is 4.64. The highest BCUT2D eigenvalue weighted by Gasteiger charge is 2.01. The van der Waals surface area contributed by atoms with E-state index in [-0.39, 0.29) is 0 Å². The standard InChI is InChI=1S/C12H13N3S/c1-8-9(2)15-12(7-14-8)16-11-5-3-10(13)4-6-11/h3-7H,13H2,1-2H3. The van der Waals surface area contributed by atoms with Gasteiger partial charge in [-0.1, -0.05) is 11.8 Å². The maximum atomic E-state index is 5.63. The second-order valence-electron chi connectivity index (χ2n) is 3.55. The maximum absolute atomic E-state index is 5.63. The fourth-order valence-electron chi connectivity index (χ4n) is 1.23. The predicted octanol–water partition coefficient (Wildman–Crippen LogP) is 2.83. The minimum Gasteiger partial charge on any atom is -0.399 e. The quantitative estimate of drug-likeness (QED) is 0.807. The van der Waals surface area contributed by atoms with Crippen molar-refractivity contribution < 1.29 is 0 Å². The predicted molar refractivity (Wildman–Crippen MR) is 66.5 cm³/mol. The molecule has 0 aliphatic rings. The van der Waals surface area contributed by atoms with Crippen molar-refractivity contribution in [1.29, 1.82) is 0 Å². The average Bonchev–Trinajstić information content (AvgIpc) is 2.27. The van der Waals surface area contributed by atoms with E-state index in [1.807, 2.05) is 38.1 Å². The van der Waals surface area contributed by atoms with Gasteiger partial charge in [0.15, 0.2) is 0 Å². The molecule has 0 fully saturated rings. The zero-order chi connectivity index (χ0) is 11.5. The molecule has 0 atom stereocenters. The van der Waals surface area contributed by atoms with Gasteiger partial charge in [0.25, 0.3) is 0 Å². The molecule has 0 aliphatic carbocycles. The molecule has 0 radical (unpaired) electrons. The van der Waals surface area contributed by atoms with Gasteiger partial charge in [-0.3, -0.25) is 4.98 Å². The number of aromatic nitrogens is 2. The molecule has 0 saturated carbocycles. The van der Waals surface area contributed by atoms with Crippen molar-refractivity contribution in [2.45, 2.75) is 23.8 Å². The summed E-state index contributed by atoms with van der Waals surface area (Å²) >= 11 is 1.59. The van der Waals surface area contributed by atoms with Crippen LogP contribution in [-0.4, -0.2) is 9.97 Å². The normalized spacial score (nSPS) is 10.4. The lowest BCUT2D eigenvalue weighted by Crippen LogP contribution is -1.92. The van der Waals surface area contributed by atoms with Crippen molar-refractivity contribution >= 4 is 17.4 Å². The van der Waals surface area contributed by atoms with E-state index in [1.165, 1.54) is 0 Å². The first-order valence-corrected chi connectivity index (χ1v) is 5.80. The summed E-state index contributed by atoms with van der Waals surface area (Å²) in [7, 11) is 0. The molecule has 1 aromatic heterocycles. The van der Waals surface area contributed by atoms with Crippen LogP contribution in [0.4, 0.5) is 5.69 Å². The van der Waals surface area contributed by atoms with Gasteiger partial charge in [0.05, 0.1) is 17.6 Å². The minimum atomic E-state index is 0.774. The summed E-state index contributed by atoms with van der Waals surface area (Å²) in [4.78, 5) is 9.86. The van der Waals surface area contributed by atoms with Crippen LogP contribution in [0.3, 0.4) is 0 Å². The van der Waals surface area contributed by atoms with Crippen molar-refractivity contribution in [3.8, 4) is 0 Å². The number of rotatable bonds is 2. The van der Waals surface area contributed by atoms with Crippen molar-refractivity contribution in [2.75, 3.05) is 5.73 Å². The molecule has 82 valence electrons. The Kier molecular flexibility index (Phi) is 3.10. The summed E-state index contributed by atoms with van der Waals surface area (Å²) in [5.41, 5.74) is 8.35. The van der Waals surface area contributed by atoms with Crippen molar-refractivity contribution in [1.82, 2.24) is 9.97 Å². The minimum absolute atomic E-state index is 0.774. The number of aryl methyl sites for hydroxylation is 2. The van der Waals surface area contributed by atoms with Gasteiger partial charge in [0, 0.05) is 10.6 Å². The summed E-state index contributed by atoms with van der Waals surface area (Å²) in [6.07, 6.45) is 1.79. The first-order valence-electron chi connectivity index (χ1n) is 4.99. The summed E-state index contributed by atoms with van der Waals surface area (Å²) in [5, 5.41) is 0.910. The molecule has 0 unspecified atom stereocenters. The third-order valence-corrected chi connectivity index (χ3v) is 3.19. The Bertz CT molecular complexity index is 494. The zero-order valence-electron chi connectivity index (χ0n) is 9.27. The molecule has 2 rings (SSSR count). The fraction of sp³-hybridized carbons (Fsp3) is 0.167. The van der Waals surface area contributed by atoms with Crippen LogP contribution < -0.4 is 5.73 Å². The third kappa shape index (κ3) is 2.52. The van der Waals surface area contributed by atoms with Gasteiger partial charge in [-0.05, 0) is 38.1 Å². The van der Waals surface area contributed by atoms with Crippen LogP contribution in [0, 0.1) is 13.8 Å². The molecule has 16 heavy (non-hydrogen) atoms. The Morgan fingerprint density at radius 2 is 1.75 bits per heavy atom. The molecule has 0 aliphatic heterocycles. The molecule has 4 heteroatoms. The number of nitrogens with two attached hydrogens (primary N) is 1. The molecule has 0 bridgehead atoms. The van der Waals surface area contributed by atoms with Crippen LogP contribution in [0.15, 0.2) is 40.4 Å². The molecule has 0 saturated heterocycles. The van der Waals surface area contributed by atoms with E-state index >= 15 is 0 Å². The molecule has 2 aromatic rings. The Morgan fingerprint density at radius 3 is 2.38 bits per heavy atom. The summed E-state index contributed by atoms with van der Waals surface area (Å²) in [5.74, 6) is 0. The third-order valence-electron chi connectivity index (χ3n) is 2.27. The Morgan fingerprint density at radius 1 is 1.06 bits per heavy atom. The summed E-state index contributed by atoms with van der Waals surface area (Å²) < 4.78 is 0. The molecule has 1 heterocycles. The smallest absolute Gasteiger partial charge is 0.119 e. The monoisotopic (exact) mass is 231 g/mol. The lowest BCUT2D eigenvalue weighted by Gasteiger charge is -2.03. The Labute approximate surface area is 99.1 Å². The van der Waals surface area contributed by atoms with E-state index < -0.39 is 0 Å². The Hall–Kier alpha value is -1.55. The molecule has 0 spiro atoms. The van der Waals surface area contributed by atoms with Crippen LogP contribution in [0.5, 0.6) is 0 Å². The van der Waals surface area contributed by atoms with Crippen LogP contribution in [0.25, 0.3) is 0 Å². The van der Waals surface area contributed by atoms with Gasteiger partial charge in [0.1, 0.15) is 5.03 Å². The van der Waals surface area contributed by atoms with Gasteiger partial charge < -0.3 is 5.73 Å². The van der Waals surface area contributed by atoms with Crippen LogP contribution in [-0.2, 0) is 0 Å². The van der Waals surface area contributed by atoms with Gasteiger partial charge in [0.2, 0.25) is 0 Å². The van der Waals surface area contributed by atoms with Gasteiger partial charge >= 0.3 is 0 Å². The number of anilines is 1. The summed E-state index contributed by atoms with van der Waals surface area (Å²) in [6.45, 7) is 3.93. The highest BCUT2D eigenvalue weighted by atomic mass is 32.2. The molecule has 2 N–H and O–H groups in total. The lowest BCUT2D eigenvalue weighted by atomic mass is 10.3. The van der Waals surface area contributed by atoms with E-state index in [4.69, 9.17) is 5.73 Å². The van der Waals surface area contributed by atoms with E-state index in [0.29, 0.717) is 0 Å². The molecular weight excluding hydrogens is 218 g/mol. The van der Waals surface area contributed by atoms with E-state index in [2.05, 4.69) is 9.97 Å². The van der Waals surface area contributed by atoms with Crippen molar-refractivity contribution in [3.05, 3.63) is 41.9 Å².